The van der Waals surface area contributed by atoms with Gasteiger partial charge in [0.15, 0.2) is 6.10 Å². The maximum atomic E-state index is 12.9. The summed E-state index contributed by atoms with van der Waals surface area (Å²) in [6.07, 6.45) is 71.0. The minimum Gasteiger partial charge on any atom is -0.462 e. The lowest BCUT2D eigenvalue weighted by Gasteiger charge is -2.18. The van der Waals surface area contributed by atoms with Crippen LogP contribution >= 0.6 is 0 Å². The fraction of sp³-hybridized carbons (Fsp3) is 0.956. The van der Waals surface area contributed by atoms with Gasteiger partial charge in [-0.2, -0.15) is 0 Å². The predicted octanol–water partition coefficient (Wildman–Crippen LogP) is 22.9. The highest BCUT2D eigenvalue weighted by Gasteiger charge is 2.19. The number of carbonyl (C=O) groups excluding carboxylic acids is 3. The van der Waals surface area contributed by atoms with E-state index in [1.807, 2.05) is 0 Å². The Morgan fingerprint density at radius 1 is 0.270 bits per heavy atom. The van der Waals surface area contributed by atoms with Gasteiger partial charge in [-0.3, -0.25) is 14.4 Å². The van der Waals surface area contributed by atoms with Crippen molar-refractivity contribution < 1.29 is 28.6 Å². The van der Waals surface area contributed by atoms with E-state index >= 15 is 0 Å². The monoisotopic (exact) mass is 1050 g/mol. The quantitative estimate of drug-likeness (QED) is 0.0343. The van der Waals surface area contributed by atoms with Gasteiger partial charge in [-0.25, -0.2) is 0 Å². The third kappa shape index (κ3) is 59.7. The molecule has 0 aliphatic carbocycles. The first kappa shape index (κ1) is 72.4. The predicted molar refractivity (Wildman–Crippen MR) is 321 cm³/mol. The second-order valence-corrected chi connectivity index (χ2v) is 23.7. The smallest absolute Gasteiger partial charge is 0.306 e. The van der Waals surface area contributed by atoms with Crippen molar-refractivity contribution in [2.24, 2.45) is 5.92 Å². The second kappa shape index (κ2) is 62.3. The molecule has 0 saturated carbocycles. The largest absolute Gasteiger partial charge is 0.462 e. The van der Waals surface area contributed by atoms with Gasteiger partial charge in [-0.05, 0) is 25.2 Å². The van der Waals surface area contributed by atoms with Crippen LogP contribution in [0.4, 0.5) is 0 Å². The molecule has 0 aliphatic rings. The third-order valence-corrected chi connectivity index (χ3v) is 16.2. The normalized spacial score (nSPS) is 12.3. The summed E-state index contributed by atoms with van der Waals surface area (Å²) in [6, 6.07) is 0. The van der Waals surface area contributed by atoms with E-state index in [4.69, 9.17) is 14.2 Å². The molecule has 0 radical (unpaired) electrons. The summed E-state index contributed by atoms with van der Waals surface area (Å²) in [4.78, 5) is 38.4. The highest BCUT2D eigenvalue weighted by atomic mass is 16.6. The molecule has 0 bridgehead atoms. The van der Waals surface area contributed by atoms with Crippen LogP contribution in [0.3, 0.4) is 0 Å². The lowest BCUT2D eigenvalue weighted by atomic mass is 9.99. The maximum Gasteiger partial charge on any atom is 0.306 e. The van der Waals surface area contributed by atoms with Crippen LogP contribution in [0.2, 0.25) is 0 Å². The Hall–Kier alpha value is -1.59. The fourth-order valence-corrected chi connectivity index (χ4v) is 10.7. The molecule has 0 spiro atoms. The Balaban J connectivity index is 4.27. The number of rotatable bonds is 63. The lowest BCUT2D eigenvalue weighted by molar-refractivity contribution is -0.167. The van der Waals surface area contributed by atoms with E-state index in [9.17, 15) is 14.4 Å². The van der Waals surface area contributed by atoms with Crippen LogP contribution in [-0.2, 0) is 28.6 Å². The Morgan fingerprint density at radius 2 is 0.473 bits per heavy atom. The van der Waals surface area contributed by atoms with Crippen LogP contribution in [0.1, 0.15) is 394 Å². The summed E-state index contributed by atoms with van der Waals surface area (Å²) < 4.78 is 17.0. The van der Waals surface area contributed by atoms with Gasteiger partial charge >= 0.3 is 17.9 Å². The van der Waals surface area contributed by atoms with Gasteiger partial charge in [0, 0.05) is 19.3 Å². The summed E-state index contributed by atoms with van der Waals surface area (Å²) in [5.74, 6) is 0.0864. The standard InChI is InChI=1S/C68H132O6/c1-5-8-10-12-14-16-18-20-22-24-28-32-36-40-44-48-52-56-60-67(70)73-63-65(62-72-66(69)59-55-51-47-43-39-35-31-23-21-19-17-15-13-11-9-6-2)74-68(71)61-57-53-49-45-41-37-33-29-26-25-27-30-34-38-42-46-50-54-58-64(4)7-3/h64-65H,5-63H2,1-4H3/t64?,65-/m1/s1. The summed E-state index contributed by atoms with van der Waals surface area (Å²) >= 11 is 0. The van der Waals surface area contributed by atoms with Crippen molar-refractivity contribution in [2.75, 3.05) is 13.2 Å². The highest BCUT2D eigenvalue weighted by Crippen LogP contribution is 2.20. The maximum absolute atomic E-state index is 12.9. The first-order chi connectivity index (χ1) is 36.4. The van der Waals surface area contributed by atoms with E-state index in [0.717, 1.165) is 63.7 Å². The SMILES string of the molecule is CCCCCCCCCCCCCCCCCCCCC(=O)OC[C@@H](COC(=O)CCCCCCCCCCCCCCCCCC)OC(=O)CCCCCCCCCCCCCCCCCCCCC(C)CC. The molecule has 0 aromatic carbocycles. The molecule has 6 nitrogen and oxygen atoms in total. The molecule has 440 valence electrons. The minimum absolute atomic E-state index is 0.0607. The van der Waals surface area contributed by atoms with Crippen LogP contribution in [0.5, 0.6) is 0 Å². The second-order valence-electron chi connectivity index (χ2n) is 23.7. The zero-order valence-electron chi connectivity index (χ0n) is 50.8. The number of carbonyl (C=O) groups is 3. The van der Waals surface area contributed by atoms with Crippen LogP contribution in [0.25, 0.3) is 0 Å². The molecule has 0 heterocycles. The molecular weight excluding hydrogens is 913 g/mol. The topological polar surface area (TPSA) is 78.9 Å². The van der Waals surface area contributed by atoms with Gasteiger partial charge in [0.1, 0.15) is 13.2 Å². The molecule has 0 fully saturated rings. The Labute approximate surface area is 463 Å². The summed E-state index contributed by atoms with van der Waals surface area (Å²) in [5, 5.41) is 0. The summed E-state index contributed by atoms with van der Waals surface area (Å²) in [6.45, 7) is 9.15. The Kier molecular flexibility index (Phi) is 60.9. The van der Waals surface area contributed by atoms with Crippen LogP contribution < -0.4 is 0 Å². The van der Waals surface area contributed by atoms with Crippen LogP contribution in [0.15, 0.2) is 0 Å². The molecule has 0 aliphatic heterocycles. The molecule has 1 unspecified atom stereocenters. The number of hydrogen-bond acceptors (Lipinski definition) is 6. The Bertz CT molecular complexity index is 1120. The number of ether oxygens (including phenoxy) is 3. The van der Waals surface area contributed by atoms with Crippen molar-refractivity contribution in [3.63, 3.8) is 0 Å². The van der Waals surface area contributed by atoms with E-state index in [-0.39, 0.29) is 31.1 Å². The van der Waals surface area contributed by atoms with Crippen LogP contribution in [-0.4, -0.2) is 37.2 Å². The van der Waals surface area contributed by atoms with E-state index in [2.05, 4.69) is 27.7 Å². The van der Waals surface area contributed by atoms with E-state index in [1.165, 1.54) is 289 Å². The average Bonchev–Trinajstić information content (AvgIpc) is 3.40. The van der Waals surface area contributed by atoms with E-state index in [1.54, 1.807) is 0 Å². The minimum atomic E-state index is -0.763. The molecule has 0 rings (SSSR count). The van der Waals surface area contributed by atoms with Gasteiger partial charge in [0.05, 0.1) is 0 Å². The summed E-state index contributed by atoms with van der Waals surface area (Å²) in [5.41, 5.74) is 0. The van der Waals surface area contributed by atoms with Crippen molar-refractivity contribution >= 4 is 17.9 Å². The molecule has 2 atom stereocenters. The van der Waals surface area contributed by atoms with Crippen LogP contribution in [0, 0.1) is 5.92 Å². The van der Waals surface area contributed by atoms with Gasteiger partial charge in [-0.15, -0.1) is 0 Å². The zero-order valence-corrected chi connectivity index (χ0v) is 50.8. The van der Waals surface area contributed by atoms with Crippen molar-refractivity contribution in [1.29, 1.82) is 0 Å². The van der Waals surface area contributed by atoms with Crippen molar-refractivity contribution in [1.82, 2.24) is 0 Å². The first-order valence-corrected chi connectivity index (χ1v) is 33.9. The molecular formula is C68H132O6. The number of esters is 3. The molecule has 0 aromatic heterocycles. The average molecular weight is 1050 g/mol. The Morgan fingerprint density at radius 3 is 0.703 bits per heavy atom. The number of unbranched alkanes of at least 4 members (excludes halogenated alkanes) is 49. The van der Waals surface area contributed by atoms with E-state index < -0.39 is 6.10 Å². The van der Waals surface area contributed by atoms with Crippen molar-refractivity contribution in [3.05, 3.63) is 0 Å². The lowest BCUT2D eigenvalue weighted by Crippen LogP contribution is -2.30. The van der Waals surface area contributed by atoms with Crippen molar-refractivity contribution in [2.45, 2.75) is 400 Å². The summed E-state index contributed by atoms with van der Waals surface area (Å²) in [7, 11) is 0. The first-order valence-electron chi connectivity index (χ1n) is 33.9. The molecule has 0 saturated heterocycles. The van der Waals surface area contributed by atoms with E-state index in [0.29, 0.717) is 19.3 Å². The molecule has 74 heavy (non-hydrogen) atoms. The molecule has 0 N–H and O–H groups in total. The molecule has 6 heteroatoms. The molecule has 0 amide bonds. The third-order valence-electron chi connectivity index (χ3n) is 16.2. The van der Waals surface area contributed by atoms with Gasteiger partial charge < -0.3 is 14.2 Å². The zero-order chi connectivity index (χ0) is 53.7. The fourth-order valence-electron chi connectivity index (χ4n) is 10.7. The van der Waals surface area contributed by atoms with Gasteiger partial charge in [0.2, 0.25) is 0 Å². The number of hydrogen-bond donors (Lipinski definition) is 0. The molecule has 0 aromatic rings. The van der Waals surface area contributed by atoms with Gasteiger partial charge in [0.25, 0.3) is 0 Å². The van der Waals surface area contributed by atoms with Gasteiger partial charge in [-0.1, -0.05) is 355 Å². The van der Waals surface area contributed by atoms with Crippen molar-refractivity contribution in [3.8, 4) is 0 Å². The highest BCUT2D eigenvalue weighted by molar-refractivity contribution is 5.71.